The molecule has 1 N–H and O–H groups in total. The monoisotopic (exact) mass is 249 g/mol. The van der Waals surface area contributed by atoms with E-state index in [4.69, 9.17) is 4.52 Å². The maximum Gasteiger partial charge on any atom is 0.150 e. The molecule has 0 aromatic carbocycles. The first kappa shape index (κ1) is 12.2. The number of piperidine rings is 1. The molecule has 4 nitrogen and oxygen atoms in total. The Morgan fingerprint density at radius 1 is 1.39 bits per heavy atom. The Bertz CT molecular complexity index is 353. The lowest BCUT2D eigenvalue weighted by Crippen LogP contribution is -2.48. The van der Waals surface area contributed by atoms with E-state index in [9.17, 15) is 0 Å². The van der Waals surface area contributed by atoms with Crippen LogP contribution in [-0.4, -0.2) is 34.7 Å². The van der Waals surface area contributed by atoms with Crippen molar-refractivity contribution in [2.75, 3.05) is 6.54 Å². The Labute approximate surface area is 109 Å². The molecule has 18 heavy (non-hydrogen) atoms. The van der Waals surface area contributed by atoms with Crippen LogP contribution in [0.4, 0.5) is 0 Å². The summed E-state index contributed by atoms with van der Waals surface area (Å²) in [6.45, 7) is 4.33. The summed E-state index contributed by atoms with van der Waals surface area (Å²) >= 11 is 0. The van der Waals surface area contributed by atoms with E-state index < -0.39 is 0 Å². The average Bonchev–Trinajstić information content (AvgIpc) is 2.99. The number of fused-ring (bicyclic) bond motifs is 2. The van der Waals surface area contributed by atoms with Crippen LogP contribution in [0.2, 0.25) is 0 Å². The first-order valence-electron chi connectivity index (χ1n) is 7.25. The third-order valence-corrected chi connectivity index (χ3v) is 4.33. The molecule has 1 aromatic heterocycles. The van der Waals surface area contributed by atoms with E-state index in [1.54, 1.807) is 6.20 Å². The average molecular weight is 249 g/mol. The fraction of sp³-hybridized carbons (Fsp3) is 0.786. The lowest BCUT2D eigenvalue weighted by molar-refractivity contribution is 0.122. The van der Waals surface area contributed by atoms with E-state index in [-0.39, 0.29) is 0 Å². The Morgan fingerprint density at radius 3 is 2.78 bits per heavy atom. The van der Waals surface area contributed by atoms with Crippen molar-refractivity contribution in [3.63, 3.8) is 0 Å². The van der Waals surface area contributed by atoms with Crippen LogP contribution in [0, 0.1) is 0 Å². The van der Waals surface area contributed by atoms with Gasteiger partial charge in [0.25, 0.3) is 0 Å². The van der Waals surface area contributed by atoms with E-state index in [0.717, 1.165) is 30.9 Å². The van der Waals surface area contributed by atoms with Crippen LogP contribution in [-0.2, 0) is 6.54 Å². The van der Waals surface area contributed by atoms with Gasteiger partial charge in [-0.25, -0.2) is 0 Å². The summed E-state index contributed by atoms with van der Waals surface area (Å²) in [6.07, 6.45) is 8.27. The molecule has 2 aliphatic heterocycles. The summed E-state index contributed by atoms with van der Waals surface area (Å²) in [5, 5.41) is 7.52. The van der Waals surface area contributed by atoms with Gasteiger partial charge in [-0.1, -0.05) is 12.1 Å². The molecule has 1 aromatic rings. The number of hydrogen-bond acceptors (Lipinski definition) is 4. The molecule has 100 valence electrons. The van der Waals surface area contributed by atoms with Crippen molar-refractivity contribution < 1.29 is 4.52 Å². The Balaban J connectivity index is 1.65. The third kappa shape index (κ3) is 2.59. The van der Waals surface area contributed by atoms with Crippen LogP contribution >= 0.6 is 0 Å². The van der Waals surface area contributed by atoms with Crippen molar-refractivity contribution in [3.05, 3.63) is 18.0 Å². The highest BCUT2D eigenvalue weighted by Crippen LogP contribution is 2.30. The van der Waals surface area contributed by atoms with Gasteiger partial charge in [0.1, 0.15) is 0 Å². The second-order valence-corrected chi connectivity index (χ2v) is 5.71. The van der Waals surface area contributed by atoms with Crippen molar-refractivity contribution in [1.29, 1.82) is 0 Å². The molecule has 0 amide bonds. The largest absolute Gasteiger partial charge is 0.360 e. The Morgan fingerprint density at radius 2 is 2.17 bits per heavy atom. The van der Waals surface area contributed by atoms with E-state index in [0.29, 0.717) is 6.04 Å². The molecule has 3 heterocycles. The highest BCUT2D eigenvalue weighted by molar-refractivity contribution is 4.98. The molecule has 2 unspecified atom stereocenters. The minimum Gasteiger partial charge on any atom is -0.360 e. The smallest absolute Gasteiger partial charge is 0.150 e. The van der Waals surface area contributed by atoms with Gasteiger partial charge in [0.05, 0.1) is 12.7 Å². The Hall–Kier alpha value is -0.870. The molecular formula is C14H23N3O. The predicted octanol–water partition coefficient (Wildman–Crippen LogP) is 2.17. The highest BCUT2D eigenvalue weighted by atomic mass is 16.5. The van der Waals surface area contributed by atoms with Crippen molar-refractivity contribution in [2.24, 2.45) is 0 Å². The second kappa shape index (κ2) is 5.41. The van der Waals surface area contributed by atoms with Gasteiger partial charge in [-0.15, -0.1) is 0 Å². The lowest BCUT2D eigenvalue weighted by atomic mass is 9.98. The molecule has 2 saturated heterocycles. The van der Waals surface area contributed by atoms with Crippen LogP contribution in [0.5, 0.6) is 0 Å². The number of rotatable bonds is 5. The molecule has 2 atom stereocenters. The number of nitrogens with zero attached hydrogens (tertiary/aromatic N) is 2. The molecule has 0 aliphatic carbocycles. The zero-order valence-corrected chi connectivity index (χ0v) is 11.1. The van der Waals surface area contributed by atoms with Crippen molar-refractivity contribution in [1.82, 2.24) is 15.4 Å². The number of aromatic nitrogens is 1. The number of hydrogen-bond donors (Lipinski definition) is 1. The van der Waals surface area contributed by atoms with E-state index in [2.05, 4.69) is 22.3 Å². The summed E-state index contributed by atoms with van der Waals surface area (Å²) in [4.78, 5) is 2.59. The number of nitrogens with one attached hydrogen (secondary N) is 1. The first-order valence-corrected chi connectivity index (χ1v) is 7.25. The zero-order valence-electron chi connectivity index (χ0n) is 11.1. The normalized spacial score (nSPS) is 31.1. The van der Waals surface area contributed by atoms with Gasteiger partial charge in [0.2, 0.25) is 0 Å². The fourth-order valence-electron chi connectivity index (χ4n) is 3.53. The van der Waals surface area contributed by atoms with Gasteiger partial charge in [-0.05, 0) is 38.6 Å². The van der Waals surface area contributed by atoms with Gasteiger partial charge in [0.15, 0.2) is 5.76 Å². The quantitative estimate of drug-likeness (QED) is 0.868. The van der Waals surface area contributed by atoms with Gasteiger partial charge in [-0.2, -0.15) is 0 Å². The molecule has 2 bridgehead atoms. The summed E-state index contributed by atoms with van der Waals surface area (Å²) in [7, 11) is 0. The summed E-state index contributed by atoms with van der Waals surface area (Å²) < 4.78 is 5.26. The standard InChI is InChI=1S/C14H23N3O/c1-2-7-17(10-14-5-6-15-18-14)13-8-11-3-4-12(9-13)16-11/h5-6,11-13,16H,2-4,7-10H2,1H3. The van der Waals surface area contributed by atoms with E-state index in [1.165, 1.54) is 32.1 Å². The maximum atomic E-state index is 5.26. The van der Waals surface area contributed by atoms with Gasteiger partial charge >= 0.3 is 0 Å². The molecule has 0 radical (unpaired) electrons. The van der Waals surface area contributed by atoms with Gasteiger partial charge in [0, 0.05) is 24.2 Å². The maximum absolute atomic E-state index is 5.26. The van der Waals surface area contributed by atoms with Crippen LogP contribution in [0.3, 0.4) is 0 Å². The molecular weight excluding hydrogens is 226 g/mol. The minimum atomic E-state index is 0.716. The predicted molar refractivity (Wildman–Crippen MR) is 70.2 cm³/mol. The third-order valence-electron chi connectivity index (χ3n) is 4.33. The van der Waals surface area contributed by atoms with E-state index in [1.807, 2.05) is 6.07 Å². The molecule has 0 spiro atoms. The summed E-state index contributed by atoms with van der Waals surface area (Å²) in [5.41, 5.74) is 0. The molecule has 3 rings (SSSR count). The molecule has 2 aliphatic rings. The van der Waals surface area contributed by atoms with E-state index >= 15 is 0 Å². The SMILES string of the molecule is CCCN(Cc1ccno1)C1CC2CCC(C1)N2. The fourth-order valence-corrected chi connectivity index (χ4v) is 3.53. The minimum absolute atomic E-state index is 0.716. The molecule has 2 fully saturated rings. The van der Waals surface area contributed by atoms with Crippen molar-refractivity contribution >= 4 is 0 Å². The molecule has 4 heteroatoms. The van der Waals surface area contributed by atoms with Crippen LogP contribution in [0.15, 0.2) is 16.8 Å². The summed E-state index contributed by atoms with van der Waals surface area (Å²) in [5.74, 6) is 0.995. The first-order chi connectivity index (χ1) is 8.85. The topological polar surface area (TPSA) is 41.3 Å². The van der Waals surface area contributed by atoms with Crippen molar-refractivity contribution in [2.45, 2.75) is 63.7 Å². The van der Waals surface area contributed by atoms with Gasteiger partial charge < -0.3 is 9.84 Å². The Kier molecular flexibility index (Phi) is 3.66. The van der Waals surface area contributed by atoms with Crippen LogP contribution < -0.4 is 5.32 Å². The zero-order chi connectivity index (χ0) is 12.4. The lowest BCUT2D eigenvalue weighted by Gasteiger charge is -2.37. The second-order valence-electron chi connectivity index (χ2n) is 5.71. The molecule has 0 saturated carbocycles. The van der Waals surface area contributed by atoms with Crippen molar-refractivity contribution in [3.8, 4) is 0 Å². The van der Waals surface area contributed by atoms with Crippen LogP contribution in [0.25, 0.3) is 0 Å². The highest BCUT2D eigenvalue weighted by Gasteiger charge is 2.35. The summed E-state index contributed by atoms with van der Waals surface area (Å²) in [6, 6.07) is 4.21. The van der Waals surface area contributed by atoms with Crippen LogP contribution in [0.1, 0.15) is 44.8 Å². The van der Waals surface area contributed by atoms with Gasteiger partial charge in [-0.3, -0.25) is 4.90 Å².